The molecule has 0 saturated heterocycles. The number of carbonyl (C=O) groups excluding carboxylic acids is 1. The molecule has 0 aliphatic carbocycles. The van der Waals surface area contributed by atoms with Gasteiger partial charge in [0, 0.05) is 11.3 Å². The van der Waals surface area contributed by atoms with Crippen LogP contribution in [0.1, 0.15) is 29.2 Å². The zero-order chi connectivity index (χ0) is 22.0. The molecule has 0 bridgehead atoms. The van der Waals surface area contributed by atoms with Crippen molar-refractivity contribution in [2.45, 2.75) is 20.8 Å². The Labute approximate surface area is 191 Å². The van der Waals surface area contributed by atoms with E-state index in [1.807, 2.05) is 73.7 Å². The number of hydrogen-bond donors (Lipinski definition) is 0. The lowest BCUT2D eigenvalue weighted by atomic mass is 10.1. The van der Waals surface area contributed by atoms with Crippen molar-refractivity contribution in [1.29, 1.82) is 0 Å². The van der Waals surface area contributed by atoms with Crippen LogP contribution >= 0.6 is 15.9 Å². The Kier molecular flexibility index (Phi) is 6.10. The second kappa shape index (κ2) is 8.94. The number of hydrogen-bond acceptors (Lipinski definition) is 2. The number of amides is 1. The molecule has 0 spiro atoms. The first-order chi connectivity index (χ1) is 15.0. The summed E-state index contributed by atoms with van der Waals surface area (Å²) in [4.78, 5) is 15.3. The van der Waals surface area contributed by atoms with Gasteiger partial charge in [0.2, 0.25) is 0 Å². The van der Waals surface area contributed by atoms with Crippen LogP contribution in [-0.2, 0) is 4.79 Å². The van der Waals surface area contributed by atoms with E-state index in [9.17, 15) is 4.79 Å². The standard InChI is InChI=1S/C27H24BrNO2/c1-4-31-26-13-11-20(16-24(26)28)15-22-17-25(21-8-6-5-7-9-21)29(27(22)30)23-12-10-18(2)19(3)14-23/h5-17H,4H2,1-3H3/b22-15+. The zero-order valence-electron chi connectivity index (χ0n) is 17.9. The van der Waals surface area contributed by atoms with Crippen molar-refractivity contribution in [3.63, 3.8) is 0 Å². The third kappa shape index (κ3) is 4.35. The molecule has 3 aromatic rings. The number of carbonyl (C=O) groups is 1. The van der Waals surface area contributed by atoms with Gasteiger partial charge < -0.3 is 4.74 Å². The lowest BCUT2D eigenvalue weighted by Crippen LogP contribution is -2.25. The van der Waals surface area contributed by atoms with Gasteiger partial charge in [-0.05, 0) is 95.4 Å². The molecule has 0 saturated carbocycles. The highest BCUT2D eigenvalue weighted by molar-refractivity contribution is 9.10. The molecule has 0 aromatic heterocycles. The van der Waals surface area contributed by atoms with Gasteiger partial charge in [-0.2, -0.15) is 0 Å². The summed E-state index contributed by atoms with van der Waals surface area (Å²) in [7, 11) is 0. The molecule has 0 N–H and O–H groups in total. The van der Waals surface area contributed by atoms with E-state index in [2.05, 4.69) is 41.9 Å². The molecule has 4 rings (SSSR count). The SMILES string of the molecule is CCOc1ccc(/C=C2\C=C(c3ccccc3)N(c3ccc(C)c(C)c3)C2=O)cc1Br. The minimum Gasteiger partial charge on any atom is -0.493 e. The summed E-state index contributed by atoms with van der Waals surface area (Å²) in [5, 5.41) is 0. The maximum Gasteiger partial charge on any atom is 0.262 e. The molecule has 0 radical (unpaired) electrons. The number of ether oxygens (including phenoxy) is 1. The van der Waals surface area contributed by atoms with Crippen molar-refractivity contribution in [2.75, 3.05) is 11.5 Å². The molecule has 1 aliphatic heterocycles. The maximum atomic E-state index is 13.5. The van der Waals surface area contributed by atoms with Crippen LogP contribution in [0.15, 0.2) is 82.9 Å². The molecular weight excluding hydrogens is 450 g/mol. The first kappa shape index (κ1) is 21.1. The first-order valence-electron chi connectivity index (χ1n) is 10.3. The van der Waals surface area contributed by atoms with Gasteiger partial charge in [0.05, 0.1) is 16.8 Å². The van der Waals surface area contributed by atoms with Crippen LogP contribution in [0.2, 0.25) is 0 Å². The highest BCUT2D eigenvalue weighted by atomic mass is 79.9. The van der Waals surface area contributed by atoms with Crippen molar-refractivity contribution >= 4 is 39.3 Å². The Bertz CT molecular complexity index is 1200. The summed E-state index contributed by atoms with van der Waals surface area (Å²) in [6, 6.07) is 22.0. The Balaban J connectivity index is 1.78. The molecule has 156 valence electrons. The smallest absolute Gasteiger partial charge is 0.262 e. The van der Waals surface area contributed by atoms with Gasteiger partial charge >= 0.3 is 0 Å². The molecule has 3 aromatic carbocycles. The molecule has 31 heavy (non-hydrogen) atoms. The van der Waals surface area contributed by atoms with Crippen LogP contribution in [0.3, 0.4) is 0 Å². The summed E-state index contributed by atoms with van der Waals surface area (Å²) in [6.45, 7) is 6.70. The van der Waals surface area contributed by atoms with Crippen LogP contribution in [0.25, 0.3) is 11.8 Å². The van der Waals surface area contributed by atoms with E-state index in [0.717, 1.165) is 38.3 Å². The predicted octanol–water partition coefficient (Wildman–Crippen LogP) is 6.94. The fourth-order valence-corrected chi connectivity index (χ4v) is 4.13. The topological polar surface area (TPSA) is 29.5 Å². The minimum atomic E-state index is -0.0351. The number of benzene rings is 3. The molecule has 1 heterocycles. The Hall–Kier alpha value is -3.11. The third-order valence-corrected chi connectivity index (χ3v) is 6.00. The Morgan fingerprint density at radius 1 is 0.968 bits per heavy atom. The van der Waals surface area contributed by atoms with Crippen LogP contribution in [0.5, 0.6) is 5.75 Å². The van der Waals surface area contributed by atoms with E-state index in [0.29, 0.717) is 12.2 Å². The zero-order valence-corrected chi connectivity index (χ0v) is 19.4. The van der Waals surface area contributed by atoms with Gasteiger partial charge in [0.25, 0.3) is 5.91 Å². The minimum absolute atomic E-state index is 0.0351. The van der Waals surface area contributed by atoms with Crippen molar-refractivity contribution in [1.82, 2.24) is 0 Å². The second-order valence-corrected chi connectivity index (χ2v) is 8.38. The average Bonchev–Trinajstić information content (AvgIpc) is 3.09. The molecule has 1 aliphatic rings. The summed E-state index contributed by atoms with van der Waals surface area (Å²) in [6.07, 6.45) is 3.89. The average molecular weight is 474 g/mol. The molecule has 3 nitrogen and oxygen atoms in total. The monoisotopic (exact) mass is 473 g/mol. The quantitative estimate of drug-likeness (QED) is 0.375. The van der Waals surface area contributed by atoms with E-state index in [-0.39, 0.29) is 5.91 Å². The molecule has 0 unspecified atom stereocenters. The van der Waals surface area contributed by atoms with Crippen LogP contribution < -0.4 is 9.64 Å². The number of rotatable bonds is 5. The summed E-state index contributed by atoms with van der Waals surface area (Å²) < 4.78 is 6.47. The second-order valence-electron chi connectivity index (χ2n) is 7.53. The highest BCUT2D eigenvalue weighted by Crippen LogP contribution is 2.36. The molecule has 1 amide bonds. The van der Waals surface area contributed by atoms with Crippen molar-refractivity contribution in [3.8, 4) is 5.75 Å². The molecule has 0 atom stereocenters. The molecular formula is C27H24BrNO2. The van der Waals surface area contributed by atoms with Gasteiger partial charge in [0.15, 0.2) is 0 Å². The van der Waals surface area contributed by atoms with Crippen LogP contribution in [0.4, 0.5) is 5.69 Å². The molecule has 4 heteroatoms. The third-order valence-electron chi connectivity index (χ3n) is 5.38. The van der Waals surface area contributed by atoms with Gasteiger partial charge in [-0.3, -0.25) is 9.69 Å². The number of anilines is 1. The fourth-order valence-electron chi connectivity index (χ4n) is 3.62. The Morgan fingerprint density at radius 3 is 2.42 bits per heavy atom. The number of halogens is 1. The van der Waals surface area contributed by atoms with E-state index in [4.69, 9.17) is 4.74 Å². The summed E-state index contributed by atoms with van der Waals surface area (Å²) >= 11 is 3.56. The van der Waals surface area contributed by atoms with E-state index in [1.165, 1.54) is 5.56 Å². The van der Waals surface area contributed by atoms with Crippen molar-refractivity contribution in [3.05, 3.63) is 105 Å². The fraction of sp³-hybridized carbons (Fsp3) is 0.148. The van der Waals surface area contributed by atoms with E-state index in [1.54, 1.807) is 4.90 Å². The number of aryl methyl sites for hydroxylation is 2. The molecule has 0 fully saturated rings. The van der Waals surface area contributed by atoms with E-state index >= 15 is 0 Å². The predicted molar refractivity (Wildman–Crippen MR) is 131 cm³/mol. The van der Waals surface area contributed by atoms with E-state index < -0.39 is 0 Å². The van der Waals surface area contributed by atoms with Gasteiger partial charge in [-0.15, -0.1) is 0 Å². The van der Waals surface area contributed by atoms with Crippen LogP contribution in [-0.4, -0.2) is 12.5 Å². The largest absolute Gasteiger partial charge is 0.493 e. The Morgan fingerprint density at radius 2 is 1.74 bits per heavy atom. The lowest BCUT2D eigenvalue weighted by molar-refractivity contribution is -0.113. The van der Waals surface area contributed by atoms with Gasteiger partial charge in [-0.25, -0.2) is 0 Å². The lowest BCUT2D eigenvalue weighted by Gasteiger charge is -2.21. The highest BCUT2D eigenvalue weighted by Gasteiger charge is 2.30. The first-order valence-corrected chi connectivity index (χ1v) is 11.1. The van der Waals surface area contributed by atoms with Crippen molar-refractivity contribution in [2.24, 2.45) is 0 Å². The summed E-state index contributed by atoms with van der Waals surface area (Å²) in [5.74, 6) is 0.756. The van der Waals surface area contributed by atoms with Crippen molar-refractivity contribution < 1.29 is 9.53 Å². The number of nitrogens with zero attached hydrogens (tertiary/aromatic N) is 1. The van der Waals surface area contributed by atoms with Crippen LogP contribution in [0, 0.1) is 13.8 Å². The maximum absolute atomic E-state index is 13.5. The van der Waals surface area contributed by atoms with Gasteiger partial charge in [0.1, 0.15) is 5.75 Å². The normalized spacial score (nSPS) is 14.8. The summed E-state index contributed by atoms with van der Waals surface area (Å²) in [5.41, 5.74) is 6.70. The van der Waals surface area contributed by atoms with Gasteiger partial charge in [-0.1, -0.05) is 42.5 Å².